The molecule has 0 saturated carbocycles. The first kappa shape index (κ1) is 37.4. The van der Waals surface area contributed by atoms with E-state index in [-0.39, 0.29) is 17.5 Å². The minimum Gasteiger partial charge on any atom is -0.444 e. The molecule has 0 aliphatic heterocycles. The van der Waals surface area contributed by atoms with Gasteiger partial charge in [0.15, 0.2) is 5.78 Å². The molecule has 0 aromatic heterocycles. The number of hydrogen-bond acceptors (Lipinski definition) is 7. The molecule has 3 amide bonds. The molecule has 0 aromatic rings. The van der Waals surface area contributed by atoms with Crippen LogP contribution in [-0.2, 0) is 23.9 Å². The first-order chi connectivity index (χ1) is 18.6. The lowest BCUT2D eigenvalue weighted by molar-refractivity contribution is -0.127. The molecule has 0 heterocycles. The minimum absolute atomic E-state index is 0.0628. The molecule has 0 rings (SSSR count). The Hall–Kier alpha value is -2.65. The van der Waals surface area contributed by atoms with E-state index >= 15 is 0 Å². The molecule has 10 nitrogen and oxygen atoms in total. The Labute approximate surface area is 241 Å². The number of carbonyl (C=O) groups excluding carboxylic acids is 5. The molecule has 40 heavy (non-hydrogen) atoms. The van der Waals surface area contributed by atoms with Gasteiger partial charge >= 0.3 is 12.2 Å². The van der Waals surface area contributed by atoms with Gasteiger partial charge in [-0.25, -0.2) is 9.59 Å². The normalized spacial score (nSPS) is 12.3. The van der Waals surface area contributed by atoms with Crippen LogP contribution in [0.5, 0.6) is 0 Å². The number of nitrogens with one attached hydrogen (secondary N) is 3. The molecule has 0 aliphatic rings. The van der Waals surface area contributed by atoms with Crippen LogP contribution < -0.4 is 16.0 Å². The lowest BCUT2D eigenvalue weighted by atomic mass is 10.0. The van der Waals surface area contributed by atoms with E-state index in [0.29, 0.717) is 45.2 Å². The van der Waals surface area contributed by atoms with Crippen molar-refractivity contribution in [3.8, 4) is 0 Å². The first-order valence-electron chi connectivity index (χ1n) is 14.8. The van der Waals surface area contributed by atoms with Gasteiger partial charge in [-0.05, 0) is 87.0 Å². The molecule has 0 fully saturated rings. The van der Waals surface area contributed by atoms with Crippen molar-refractivity contribution in [1.82, 2.24) is 16.0 Å². The van der Waals surface area contributed by atoms with Gasteiger partial charge in [0, 0.05) is 32.4 Å². The van der Waals surface area contributed by atoms with Crippen LogP contribution in [0.4, 0.5) is 9.59 Å². The lowest BCUT2D eigenvalue weighted by Gasteiger charge is -2.19. The third-order valence-electron chi connectivity index (χ3n) is 5.82. The standard InChI is InChI=1S/C30H55N3O7/c1-23(34)25(33-26(36)20-14-10-16-22-32-28(38)40-30(5,6)7)19-13-8-11-17-24(35)18-12-9-15-21-31-27(37)39-29(2,3)4/h25H,8-22H2,1-7H3,(H,31,37)(H,32,38)(H,33,36)/t25-/m0/s1. The number of alkyl carbamates (subject to hydrolysis) is 2. The summed E-state index contributed by atoms with van der Waals surface area (Å²) in [6, 6.07) is -0.494. The van der Waals surface area contributed by atoms with E-state index in [9.17, 15) is 24.0 Å². The lowest BCUT2D eigenvalue weighted by Crippen LogP contribution is -2.39. The van der Waals surface area contributed by atoms with Crippen molar-refractivity contribution in [3.63, 3.8) is 0 Å². The fourth-order valence-electron chi connectivity index (χ4n) is 3.84. The Morgan fingerprint density at radius 2 is 1.02 bits per heavy atom. The maximum absolute atomic E-state index is 12.3. The Kier molecular flexibility index (Phi) is 18.9. The summed E-state index contributed by atoms with van der Waals surface area (Å²) in [5.41, 5.74) is -1.04. The van der Waals surface area contributed by atoms with Gasteiger partial charge < -0.3 is 25.4 Å². The van der Waals surface area contributed by atoms with Crippen molar-refractivity contribution in [2.24, 2.45) is 0 Å². The van der Waals surface area contributed by atoms with E-state index in [4.69, 9.17) is 9.47 Å². The Bertz CT molecular complexity index is 785. The predicted octanol–water partition coefficient (Wildman–Crippen LogP) is 5.75. The molecule has 10 heteroatoms. The minimum atomic E-state index is -0.529. The van der Waals surface area contributed by atoms with Gasteiger partial charge in [0.25, 0.3) is 0 Å². The molecule has 0 aliphatic carbocycles. The van der Waals surface area contributed by atoms with E-state index in [1.54, 1.807) is 0 Å². The van der Waals surface area contributed by atoms with Gasteiger partial charge in [0.1, 0.15) is 17.0 Å². The second-order valence-corrected chi connectivity index (χ2v) is 12.3. The average molecular weight is 570 g/mol. The molecular weight excluding hydrogens is 514 g/mol. The predicted molar refractivity (Wildman–Crippen MR) is 156 cm³/mol. The van der Waals surface area contributed by atoms with E-state index in [1.807, 2.05) is 41.5 Å². The molecule has 1 atom stereocenters. The largest absolute Gasteiger partial charge is 0.444 e. The summed E-state index contributed by atoms with van der Waals surface area (Å²) in [5, 5.41) is 8.25. The summed E-state index contributed by atoms with van der Waals surface area (Å²) in [4.78, 5) is 59.5. The molecule has 0 bridgehead atoms. The Balaban J connectivity index is 3.87. The average Bonchev–Trinajstić information content (AvgIpc) is 2.80. The zero-order valence-electron chi connectivity index (χ0n) is 26.0. The fourth-order valence-corrected chi connectivity index (χ4v) is 3.84. The zero-order valence-corrected chi connectivity index (χ0v) is 26.0. The van der Waals surface area contributed by atoms with Crippen LogP contribution in [0, 0.1) is 0 Å². The molecule has 0 spiro atoms. The first-order valence-corrected chi connectivity index (χ1v) is 14.8. The van der Waals surface area contributed by atoms with E-state index < -0.39 is 29.4 Å². The summed E-state index contributed by atoms with van der Waals surface area (Å²) in [6.45, 7) is 13.4. The van der Waals surface area contributed by atoms with E-state index in [0.717, 1.165) is 51.4 Å². The third kappa shape index (κ3) is 24.4. The van der Waals surface area contributed by atoms with Gasteiger partial charge in [-0.1, -0.05) is 25.7 Å². The molecule has 0 unspecified atom stereocenters. The van der Waals surface area contributed by atoms with Crippen LogP contribution in [0.2, 0.25) is 0 Å². The van der Waals surface area contributed by atoms with Crippen LogP contribution in [0.15, 0.2) is 0 Å². The fraction of sp³-hybridized carbons (Fsp3) is 0.833. The van der Waals surface area contributed by atoms with Crippen LogP contribution in [-0.4, -0.2) is 60.0 Å². The number of ketones is 2. The van der Waals surface area contributed by atoms with Crippen molar-refractivity contribution in [2.75, 3.05) is 13.1 Å². The zero-order chi connectivity index (χ0) is 30.6. The van der Waals surface area contributed by atoms with Crippen molar-refractivity contribution < 1.29 is 33.4 Å². The molecule has 232 valence electrons. The molecule has 3 N–H and O–H groups in total. The van der Waals surface area contributed by atoms with Gasteiger partial charge in [0.2, 0.25) is 5.91 Å². The number of amides is 3. The summed E-state index contributed by atoms with van der Waals surface area (Å²) in [7, 11) is 0. The second-order valence-electron chi connectivity index (χ2n) is 12.3. The SMILES string of the molecule is CC(=O)[C@H](CCCCCC(=O)CCCCCNC(=O)OC(C)(C)C)NC(=O)CCCCCNC(=O)OC(C)(C)C. The maximum Gasteiger partial charge on any atom is 0.407 e. The van der Waals surface area contributed by atoms with Gasteiger partial charge in [-0.3, -0.25) is 14.4 Å². The number of hydrogen-bond donors (Lipinski definition) is 3. The summed E-state index contributed by atoms with van der Waals surface area (Å²) in [6.07, 6.45) is 8.14. The number of Topliss-reactive ketones (excluding diaryl/α,β-unsaturated/α-hetero) is 2. The number of rotatable bonds is 20. The number of carbonyl (C=O) groups is 5. The summed E-state index contributed by atoms with van der Waals surface area (Å²) in [5.74, 6) is 0.0294. The van der Waals surface area contributed by atoms with Crippen LogP contribution >= 0.6 is 0 Å². The van der Waals surface area contributed by atoms with Crippen LogP contribution in [0.1, 0.15) is 132 Å². The van der Waals surface area contributed by atoms with Gasteiger partial charge in [-0.15, -0.1) is 0 Å². The summed E-state index contributed by atoms with van der Waals surface area (Å²) >= 11 is 0. The molecule has 0 aromatic carbocycles. The molecular formula is C30H55N3O7. The number of ether oxygens (including phenoxy) is 2. The van der Waals surface area contributed by atoms with Crippen LogP contribution in [0.25, 0.3) is 0 Å². The highest BCUT2D eigenvalue weighted by Gasteiger charge is 2.18. The smallest absolute Gasteiger partial charge is 0.407 e. The quantitative estimate of drug-likeness (QED) is 0.159. The Morgan fingerprint density at radius 1 is 0.600 bits per heavy atom. The van der Waals surface area contributed by atoms with Crippen molar-refractivity contribution >= 4 is 29.7 Å². The molecule has 0 radical (unpaired) electrons. The second kappa shape index (κ2) is 20.3. The van der Waals surface area contributed by atoms with Crippen molar-refractivity contribution in [3.05, 3.63) is 0 Å². The van der Waals surface area contributed by atoms with Crippen LogP contribution in [0.3, 0.4) is 0 Å². The Morgan fingerprint density at radius 3 is 1.45 bits per heavy atom. The molecule has 0 saturated heterocycles. The number of unbranched alkanes of at least 4 members (excludes halogenated alkanes) is 6. The van der Waals surface area contributed by atoms with E-state index in [2.05, 4.69) is 16.0 Å². The topological polar surface area (TPSA) is 140 Å². The summed E-state index contributed by atoms with van der Waals surface area (Å²) < 4.78 is 10.4. The highest BCUT2D eigenvalue weighted by Crippen LogP contribution is 2.11. The monoisotopic (exact) mass is 569 g/mol. The van der Waals surface area contributed by atoms with Crippen molar-refractivity contribution in [1.29, 1.82) is 0 Å². The highest BCUT2D eigenvalue weighted by atomic mass is 16.6. The highest BCUT2D eigenvalue weighted by molar-refractivity contribution is 5.87. The van der Waals surface area contributed by atoms with Gasteiger partial charge in [-0.2, -0.15) is 0 Å². The maximum atomic E-state index is 12.3. The van der Waals surface area contributed by atoms with Crippen molar-refractivity contribution in [2.45, 2.75) is 149 Å². The third-order valence-corrected chi connectivity index (χ3v) is 5.82. The van der Waals surface area contributed by atoms with Gasteiger partial charge in [0.05, 0.1) is 6.04 Å². The van der Waals surface area contributed by atoms with E-state index in [1.165, 1.54) is 6.92 Å².